The van der Waals surface area contributed by atoms with Crippen molar-refractivity contribution in [1.29, 1.82) is 0 Å². The number of hydrazine groups is 1. The summed E-state index contributed by atoms with van der Waals surface area (Å²) in [6.45, 7) is 3.85. The molecular weight excluding hydrogens is 394 g/mol. The van der Waals surface area contributed by atoms with Crippen molar-refractivity contribution in [2.24, 2.45) is 0 Å². The van der Waals surface area contributed by atoms with E-state index in [2.05, 4.69) is 0 Å². The third-order valence-corrected chi connectivity index (χ3v) is 5.51. The highest BCUT2D eigenvalue weighted by atomic mass is 16.6. The minimum absolute atomic E-state index is 0.00583. The number of benzene rings is 3. The molecule has 160 valence electrons. The standard InChI is InChI=1S/C24H25N3O4/c1-2-31-19-11-9-18(10-12-19)17-24(28)26-16-6-5-15-25(26)22-13-14-23(27(29)30)21-8-4-3-7-20(21)22/h3-4,7-14H,2,5-6,15-17H2,1H3. The molecule has 4 rings (SSSR count). The molecule has 0 N–H and O–H groups in total. The maximum Gasteiger partial charge on any atom is 0.277 e. The Morgan fingerprint density at radius 1 is 1.00 bits per heavy atom. The van der Waals surface area contributed by atoms with Crippen LogP contribution in [0.5, 0.6) is 5.75 Å². The maximum atomic E-state index is 13.2. The molecule has 0 saturated carbocycles. The highest BCUT2D eigenvalue weighted by Gasteiger charge is 2.27. The summed E-state index contributed by atoms with van der Waals surface area (Å²) in [5, 5.41) is 16.6. The normalized spacial score (nSPS) is 14.0. The van der Waals surface area contributed by atoms with Crippen molar-refractivity contribution in [2.75, 3.05) is 24.7 Å². The molecule has 0 unspecified atom stereocenters. The van der Waals surface area contributed by atoms with Crippen LogP contribution in [-0.2, 0) is 11.2 Å². The van der Waals surface area contributed by atoms with Gasteiger partial charge in [0.05, 0.1) is 29.0 Å². The largest absolute Gasteiger partial charge is 0.494 e. The fourth-order valence-electron chi connectivity index (χ4n) is 4.06. The molecule has 3 aromatic rings. The number of nitro benzene ring substituents is 1. The van der Waals surface area contributed by atoms with Crippen molar-refractivity contribution < 1.29 is 14.5 Å². The molecular formula is C24H25N3O4. The summed E-state index contributed by atoms with van der Waals surface area (Å²) < 4.78 is 5.47. The number of hydrogen-bond donors (Lipinski definition) is 0. The Bertz CT molecular complexity index is 1100. The van der Waals surface area contributed by atoms with Crippen LogP contribution in [0.3, 0.4) is 0 Å². The van der Waals surface area contributed by atoms with Gasteiger partial charge in [0, 0.05) is 24.5 Å². The minimum atomic E-state index is -0.364. The first-order chi connectivity index (χ1) is 15.1. The fourth-order valence-corrected chi connectivity index (χ4v) is 4.06. The van der Waals surface area contributed by atoms with Gasteiger partial charge in [-0.2, -0.15) is 0 Å². The van der Waals surface area contributed by atoms with Crippen LogP contribution in [0.2, 0.25) is 0 Å². The van der Waals surface area contributed by atoms with Crippen LogP contribution in [0.15, 0.2) is 60.7 Å². The Hall–Kier alpha value is -3.61. The predicted octanol–water partition coefficient (Wildman–Crippen LogP) is 4.73. The quantitative estimate of drug-likeness (QED) is 0.426. The number of nitro groups is 1. The zero-order chi connectivity index (χ0) is 21.8. The van der Waals surface area contributed by atoms with E-state index in [1.54, 1.807) is 23.2 Å². The van der Waals surface area contributed by atoms with Crippen LogP contribution < -0.4 is 9.75 Å². The second-order valence-corrected chi connectivity index (χ2v) is 7.51. The molecule has 1 heterocycles. The number of non-ortho nitro benzene ring substituents is 1. The Kier molecular flexibility index (Phi) is 6.02. The minimum Gasteiger partial charge on any atom is -0.494 e. The Morgan fingerprint density at radius 2 is 1.71 bits per heavy atom. The summed E-state index contributed by atoms with van der Waals surface area (Å²) in [7, 11) is 0. The molecule has 1 saturated heterocycles. The lowest BCUT2D eigenvalue weighted by Gasteiger charge is -2.40. The zero-order valence-electron chi connectivity index (χ0n) is 17.5. The van der Waals surface area contributed by atoms with E-state index in [0.29, 0.717) is 25.1 Å². The van der Waals surface area contributed by atoms with Crippen molar-refractivity contribution in [1.82, 2.24) is 5.01 Å². The molecule has 1 fully saturated rings. The van der Waals surface area contributed by atoms with Gasteiger partial charge >= 0.3 is 0 Å². The number of fused-ring (bicyclic) bond motifs is 1. The van der Waals surface area contributed by atoms with Gasteiger partial charge in [-0.15, -0.1) is 0 Å². The van der Waals surface area contributed by atoms with Crippen molar-refractivity contribution in [3.05, 3.63) is 76.3 Å². The molecule has 3 aromatic carbocycles. The van der Waals surface area contributed by atoms with E-state index in [9.17, 15) is 14.9 Å². The van der Waals surface area contributed by atoms with Crippen LogP contribution in [-0.4, -0.2) is 35.5 Å². The van der Waals surface area contributed by atoms with Gasteiger partial charge in [0.25, 0.3) is 5.69 Å². The maximum absolute atomic E-state index is 13.2. The van der Waals surface area contributed by atoms with Crippen LogP contribution in [0.1, 0.15) is 25.3 Å². The lowest BCUT2D eigenvalue weighted by Crippen LogP contribution is -2.51. The van der Waals surface area contributed by atoms with Gasteiger partial charge in [0.1, 0.15) is 5.75 Å². The van der Waals surface area contributed by atoms with Gasteiger partial charge in [-0.1, -0.05) is 30.3 Å². The van der Waals surface area contributed by atoms with Gasteiger partial charge in [-0.3, -0.25) is 24.9 Å². The van der Waals surface area contributed by atoms with E-state index < -0.39 is 0 Å². The number of anilines is 1. The fraction of sp³-hybridized carbons (Fsp3) is 0.292. The Labute approximate surface area is 181 Å². The number of carbonyl (C=O) groups excluding carboxylic acids is 1. The van der Waals surface area contributed by atoms with Crippen LogP contribution in [0.4, 0.5) is 11.4 Å². The first-order valence-corrected chi connectivity index (χ1v) is 10.5. The second-order valence-electron chi connectivity index (χ2n) is 7.51. The number of rotatable bonds is 6. The van der Waals surface area contributed by atoms with Gasteiger partial charge < -0.3 is 4.74 Å². The van der Waals surface area contributed by atoms with Gasteiger partial charge in [-0.25, -0.2) is 0 Å². The molecule has 0 aliphatic carbocycles. The van der Waals surface area contributed by atoms with Crippen molar-refractivity contribution in [3.8, 4) is 5.75 Å². The Morgan fingerprint density at radius 3 is 2.42 bits per heavy atom. The van der Waals surface area contributed by atoms with Crippen LogP contribution in [0, 0.1) is 10.1 Å². The molecule has 1 aliphatic rings. The second kappa shape index (κ2) is 9.04. The SMILES string of the molecule is CCOc1ccc(CC(=O)N2CCCCN2c2ccc([N+](=O)[O-])c3ccccc23)cc1. The average Bonchev–Trinajstić information content (AvgIpc) is 2.79. The van der Waals surface area contributed by atoms with Crippen LogP contribution >= 0.6 is 0 Å². The number of hydrogen-bond acceptors (Lipinski definition) is 5. The topological polar surface area (TPSA) is 75.9 Å². The van der Waals surface area contributed by atoms with E-state index in [0.717, 1.165) is 35.2 Å². The molecule has 0 radical (unpaired) electrons. The number of ether oxygens (including phenoxy) is 1. The molecule has 0 atom stereocenters. The predicted molar refractivity (Wildman–Crippen MR) is 120 cm³/mol. The van der Waals surface area contributed by atoms with E-state index in [1.165, 1.54) is 6.07 Å². The third-order valence-electron chi connectivity index (χ3n) is 5.51. The van der Waals surface area contributed by atoms with Crippen molar-refractivity contribution in [3.63, 3.8) is 0 Å². The summed E-state index contributed by atoms with van der Waals surface area (Å²) in [4.78, 5) is 24.3. The summed E-state index contributed by atoms with van der Waals surface area (Å²) in [6.07, 6.45) is 2.17. The summed E-state index contributed by atoms with van der Waals surface area (Å²) >= 11 is 0. The van der Waals surface area contributed by atoms with Crippen molar-refractivity contribution in [2.45, 2.75) is 26.2 Å². The van der Waals surface area contributed by atoms with E-state index in [1.807, 2.05) is 48.3 Å². The average molecular weight is 419 g/mol. The summed E-state index contributed by atoms with van der Waals surface area (Å²) in [6, 6.07) is 18.2. The number of carbonyl (C=O) groups is 1. The van der Waals surface area contributed by atoms with Gasteiger partial charge in [-0.05, 0) is 49.6 Å². The summed E-state index contributed by atoms with van der Waals surface area (Å²) in [5.41, 5.74) is 1.82. The highest BCUT2D eigenvalue weighted by molar-refractivity contribution is 6.00. The van der Waals surface area contributed by atoms with Gasteiger partial charge in [0.15, 0.2) is 0 Å². The van der Waals surface area contributed by atoms with Crippen molar-refractivity contribution >= 4 is 28.1 Å². The van der Waals surface area contributed by atoms with Crippen LogP contribution in [0.25, 0.3) is 10.8 Å². The van der Waals surface area contributed by atoms with E-state index in [-0.39, 0.29) is 22.9 Å². The Balaban J connectivity index is 1.63. The molecule has 1 amide bonds. The molecule has 7 nitrogen and oxygen atoms in total. The lowest BCUT2D eigenvalue weighted by molar-refractivity contribution is -0.383. The first kappa shape index (κ1) is 20.7. The highest BCUT2D eigenvalue weighted by Crippen LogP contribution is 2.35. The number of amides is 1. The smallest absolute Gasteiger partial charge is 0.277 e. The molecule has 0 aromatic heterocycles. The zero-order valence-corrected chi connectivity index (χ0v) is 17.5. The molecule has 0 spiro atoms. The molecule has 0 bridgehead atoms. The molecule has 7 heteroatoms. The monoisotopic (exact) mass is 419 g/mol. The number of nitrogens with zero attached hydrogens (tertiary/aromatic N) is 3. The van der Waals surface area contributed by atoms with E-state index in [4.69, 9.17) is 4.74 Å². The molecule has 31 heavy (non-hydrogen) atoms. The first-order valence-electron chi connectivity index (χ1n) is 10.5. The summed E-state index contributed by atoms with van der Waals surface area (Å²) in [5.74, 6) is 0.793. The van der Waals surface area contributed by atoms with Gasteiger partial charge in [0.2, 0.25) is 5.91 Å². The van der Waals surface area contributed by atoms with E-state index >= 15 is 0 Å². The molecule has 1 aliphatic heterocycles. The lowest BCUT2D eigenvalue weighted by atomic mass is 10.1. The third kappa shape index (κ3) is 4.30.